The van der Waals surface area contributed by atoms with Crippen LogP contribution in [0.3, 0.4) is 0 Å². The van der Waals surface area contributed by atoms with E-state index >= 15 is 0 Å². The third kappa shape index (κ3) is 5.27. The molecule has 15 heteroatoms. The number of ether oxygens (including phenoxy) is 1. The van der Waals surface area contributed by atoms with Gasteiger partial charge in [-0.05, 0) is 23.1 Å². The molecule has 1 saturated heterocycles. The Morgan fingerprint density at radius 2 is 1.87 bits per heavy atom. The zero-order chi connectivity index (χ0) is 28.5. The minimum atomic E-state index is -5.65. The number of ketones is 1. The van der Waals surface area contributed by atoms with E-state index in [9.17, 15) is 46.8 Å². The molecule has 2 amide bonds. The van der Waals surface area contributed by atoms with Crippen molar-refractivity contribution in [1.29, 1.82) is 0 Å². The van der Waals surface area contributed by atoms with Crippen molar-refractivity contribution in [2.75, 3.05) is 0 Å². The summed E-state index contributed by atoms with van der Waals surface area (Å²) in [5.74, 6) is -4.71. The molecule has 1 aliphatic rings. The molecule has 2 N–H and O–H groups in total. The topological polar surface area (TPSA) is 122 Å². The van der Waals surface area contributed by atoms with Gasteiger partial charge in [-0.15, -0.1) is 11.3 Å². The molecule has 4 rings (SSSR count). The van der Waals surface area contributed by atoms with E-state index in [1.807, 2.05) is 0 Å². The number of nitro benzene ring substituents is 1. The summed E-state index contributed by atoms with van der Waals surface area (Å²) in [4.78, 5) is 37.0. The highest BCUT2D eigenvalue weighted by Gasteiger charge is 2.70. The van der Waals surface area contributed by atoms with Gasteiger partial charge in [-0.2, -0.15) is 22.0 Å². The van der Waals surface area contributed by atoms with Crippen LogP contribution < -0.4 is 10.1 Å². The maximum absolute atomic E-state index is 14.8. The highest BCUT2D eigenvalue weighted by Crippen LogP contribution is 2.50. The predicted octanol–water partition coefficient (Wildman–Crippen LogP) is 5.27. The zero-order valence-corrected chi connectivity index (χ0v) is 20.3. The van der Waals surface area contributed by atoms with E-state index in [-0.39, 0.29) is 15.3 Å². The Morgan fingerprint density at radius 3 is 2.44 bits per heavy atom. The maximum Gasteiger partial charge on any atom is 0.437 e. The molecule has 9 nitrogen and oxygen atoms in total. The average molecular weight is 571 g/mol. The Balaban J connectivity index is 1.97. The third-order valence-electron chi connectivity index (χ3n) is 6.11. The van der Waals surface area contributed by atoms with Crippen LogP contribution in [0.25, 0.3) is 0 Å². The van der Waals surface area contributed by atoms with Crippen molar-refractivity contribution in [3.8, 4) is 5.75 Å². The number of nitro groups is 1. The first-order valence-electron chi connectivity index (χ1n) is 11.1. The fourth-order valence-electron chi connectivity index (χ4n) is 4.40. The van der Waals surface area contributed by atoms with Gasteiger partial charge in [0.15, 0.2) is 5.78 Å². The summed E-state index contributed by atoms with van der Waals surface area (Å²) < 4.78 is 75.2. The number of rotatable bonds is 8. The number of benzene rings is 2. The first-order valence-corrected chi connectivity index (χ1v) is 11.9. The van der Waals surface area contributed by atoms with Crippen molar-refractivity contribution < 1.29 is 46.3 Å². The van der Waals surface area contributed by atoms with Gasteiger partial charge in [0.25, 0.3) is 11.4 Å². The summed E-state index contributed by atoms with van der Waals surface area (Å²) in [5, 5.41) is 26.4. The molecule has 1 aliphatic heterocycles. The molecule has 0 radical (unpaired) electrons. The number of carbonyl (C=O) groups excluding carboxylic acids is 2. The number of alkyl halides is 5. The minimum Gasteiger partial charge on any atom is -0.434 e. The Morgan fingerprint density at radius 1 is 1.18 bits per heavy atom. The molecule has 2 aromatic carbocycles. The number of amides is 2. The van der Waals surface area contributed by atoms with Crippen LogP contribution in [0.5, 0.6) is 5.75 Å². The van der Waals surface area contributed by atoms with E-state index in [0.29, 0.717) is 12.1 Å². The molecule has 39 heavy (non-hydrogen) atoms. The largest absolute Gasteiger partial charge is 0.437 e. The van der Waals surface area contributed by atoms with Gasteiger partial charge in [-0.1, -0.05) is 36.4 Å². The number of nitrogens with zero attached hydrogens (tertiary/aromatic N) is 2. The summed E-state index contributed by atoms with van der Waals surface area (Å²) in [5.41, 5.74) is -5.47. The first-order chi connectivity index (χ1) is 18.3. The van der Waals surface area contributed by atoms with E-state index in [2.05, 4.69) is 10.1 Å². The number of hydrogen-bond donors (Lipinski definition) is 2. The number of hydrogen-bond acceptors (Lipinski definition) is 7. The Bertz CT molecular complexity index is 1370. The second-order valence-electron chi connectivity index (χ2n) is 8.40. The lowest BCUT2D eigenvalue weighted by atomic mass is 9.77. The van der Waals surface area contributed by atoms with Crippen LogP contribution in [0.4, 0.5) is 32.4 Å². The van der Waals surface area contributed by atoms with Gasteiger partial charge in [0.1, 0.15) is 11.7 Å². The Kier molecular flexibility index (Phi) is 7.57. The van der Waals surface area contributed by atoms with E-state index in [1.165, 1.54) is 41.8 Å². The van der Waals surface area contributed by atoms with Crippen molar-refractivity contribution in [3.63, 3.8) is 0 Å². The van der Waals surface area contributed by atoms with Crippen molar-refractivity contribution in [3.05, 3.63) is 92.2 Å². The van der Waals surface area contributed by atoms with Crippen LogP contribution in [-0.4, -0.2) is 45.3 Å². The standard InChI is InChI=1S/C24H18F5N3O6S/c25-21(26)38-16-9-8-14(32(36)37)11-15(16)19-18(20(33)17-7-4-10-39-17)23(35,24(27,28)29)31(22(34)30-19)12-13-5-2-1-3-6-13/h1-11,18-19,21,35H,12H2,(H,30,34)/t18-,19+,23-/m0/s1. The molecular weight excluding hydrogens is 553 g/mol. The Hall–Kier alpha value is -4.11. The summed E-state index contributed by atoms with van der Waals surface area (Å²) >= 11 is 0.743. The number of carbonyl (C=O) groups is 2. The second kappa shape index (κ2) is 10.6. The van der Waals surface area contributed by atoms with Crippen molar-refractivity contribution in [2.24, 2.45) is 5.92 Å². The highest BCUT2D eigenvalue weighted by atomic mass is 32.1. The molecule has 0 unspecified atom stereocenters. The molecule has 1 fully saturated rings. The van der Waals surface area contributed by atoms with Crippen LogP contribution in [-0.2, 0) is 6.54 Å². The van der Waals surface area contributed by atoms with Gasteiger partial charge in [0.05, 0.1) is 22.4 Å². The monoisotopic (exact) mass is 571 g/mol. The molecule has 0 bridgehead atoms. The van der Waals surface area contributed by atoms with Crippen molar-refractivity contribution in [2.45, 2.75) is 31.1 Å². The minimum absolute atomic E-state index is 0.0278. The van der Waals surface area contributed by atoms with Crippen LogP contribution in [0.15, 0.2) is 66.0 Å². The molecule has 2 heterocycles. The third-order valence-corrected chi connectivity index (χ3v) is 6.99. The number of urea groups is 1. The van der Waals surface area contributed by atoms with Gasteiger partial charge < -0.3 is 15.2 Å². The molecule has 0 saturated carbocycles. The van der Waals surface area contributed by atoms with Gasteiger partial charge >= 0.3 is 18.8 Å². The molecule has 0 spiro atoms. The maximum atomic E-state index is 14.8. The second-order valence-corrected chi connectivity index (χ2v) is 9.35. The molecule has 1 aromatic heterocycles. The highest BCUT2D eigenvalue weighted by molar-refractivity contribution is 7.12. The lowest BCUT2D eigenvalue weighted by molar-refractivity contribution is -0.385. The van der Waals surface area contributed by atoms with Crippen LogP contribution in [0.1, 0.15) is 26.8 Å². The van der Waals surface area contributed by atoms with Crippen molar-refractivity contribution in [1.82, 2.24) is 10.2 Å². The quantitative estimate of drug-likeness (QED) is 0.164. The molecule has 3 atom stereocenters. The van der Waals surface area contributed by atoms with Crippen LogP contribution in [0.2, 0.25) is 0 Å². The molecule has 0 aliphatic carbocycles. The van der Waals surface area contributed by atoms with E-state index in [0.717, 1.165) is 17.4 Å². The lowest BCUT2D eigenvalue weighted by Gasteiger charge is -2.51. The number of aliphatic hydroxyl groups is 1. The SMILES string of the molecule is O=C(c1cccs1)[C@@H]1[C@@H](c2cc([N+](=O)[O-])ccc2OC(F)F)NC(=O)N(Cc2ccccc2)[C@@]1(O)C(F)(F)F. The zero-order valence-electron chi connectivity index (χ0n) is 19.5. The fourth-order valence-corrected chi connectivity index (χ4v) is 5.10. The number of Topliss-reactive ketones (excluding diaryl/α,β-unsaturated/α-hetero) is 1. The number of thiophene rings is 1. The van der Waals surface area contributed by atoms with Gasteiger partial charge in [0.2, 0.25) is 0 Å². The first kappa shape index (κ1) is 27.9. The predicted molar refractivity (Wildman–Crippen MR) is 126 cm³/mol. The molecule has 206 valence electrons. The summed E-state index contributed by atoms with van der Waals surface area (Å²) in [6, 6.07) is 8.28. The summed E-state index contributed by atoms with van der Waals surface area (Å²) in [6.45, 7) is -4.30. The summed E-state index contributed by atoms with van der Waals surface area (Å²) in [6.07, 6.45) is -5.65. The molecule has 3 aromatic rings. The lowest BCUT2D eigenvalue weighted by Crippen LogP contribution is -2.73. The van der Waals surface area contributed by atoms with Gasteiger partial charge in [-0.3, -0.25) is 19.8 Å². The van der Waals surface area contributed by atoms with E-state index in [4.69, 9.17) is 0 Å². The Labute approximate surface area is 220 Å². The normalized spacial score (nSPS) is 21.5. The van der Waals surface area contributed by atoms with Gasteiger partial charge in [0, 0.05) is 17.7 Å². The van der Waals surface area contributed by atoms with E-state index < -0.39 is 70.8 Å². The smallest absolute Gasteiger partial charge is 0.434 e. The number of non-ortho nitro benzene ring substituents is 1. The van der Waals surface area contributed by atoms with Crippen LogP contribution in [0, 0.1) is 16.0 Å². The molecular formula is C24H18F5N3O6S. The number of halogens is 5. The fraction of sp³-hybridized carbons (Fsp3) is 0.250. The van der Waals surface area contributed by atoms with Crippen LogP contribution >= 0.6 is 11.3 Å². The number of nitrogens with one attached hydrogen (secondary N) is 1. The van der Waals surface area contributed by atoms with E-state index in [1.54, 1.807) is 6.07 Å². The summed E-state index contributed by atoms with van der Waals surface area (Å²) in [7, 11) is 0. The van der Waals surface area contributed by atoms with Gasteiger partial charge in [-0.25, -0.2) is 4.79 Å². The average Bonchev–Trinajstić information content (AvgIpc) is 3.41. The van der Waals surface area contributed by atoms with Crippen molar-refractivity contribution >= 4 is 28.8 Å².